The van der Waals surface area contributed by atoms with E-state index in [0.29, 0.717) is 11.4 Å². The molecule has 0 aliphatic heterocycles. The highest BCUT2D eigenvalue weighted by Crippen LogP contribution is 2.24. The number of sulfonamides is 1. The minimum absolute atomic E-state index is 0.137. The molecule has 8 heteroatoms. The van der Waals surface area contributed by atoms with Gasteiger partial charge in [0, 0.05) is 24.0 Å². The van der Waals surface area contributed by atoms with E-state index in [2.05, 4.69) is 4.72 Å². The number of hydrogen-bond acceptors (Lipinski definition) is 4. The molecule has 3 aromatic rings. The van der Waals surface area contributed by atoms with E-state index < -0.39 is 20.7 Å². The van der Waals surface area contributed by atoms with Crippen LogP contribution in [0.1, 0.15) is 5.56 Å². The molecule has 0 aliphatic carbocycles. The van der Waals surface area contributed by atoms with Gasteiger partial charge in [-0.05, 0) is 24.3 Å². The van der Waals surface area contributed by atoms with E-state index in [9.17, 15) is 18.5 Å². The van der Waals surface area contributed by atoms with Gasteiger partial charge in [-0.25, -0.2) is 8.42 Å². The molecule has 0 amide bonds. The number of nitrogens with one attached hydrogen (secondary N) is 1. The third kappa shape index (κ3) is 3.86. The number of benzene rings is 2. The van der Waals surface area contributed by atoms with Crippen LogP contribution in [-0.4, -0.2) is 17.9 Å². The highest BCUT2D eigenvalue weighted by Gasteiger charge is 2.20. The van der Waals surface area contributed by atoms with Crippen LogP contribution >= 0.6 is 0 Å². The molecular formula is C17H15N3O4S. The van der Waals surface area contributed by atoms with Crippen LogP contribution < -0.4 is 4.72 Å². The summed E-state index contributed by atoms with van der Waals surface area (Å²) in [7, 11) is -3.83. The molecule has 0 bridgehead atoms. The lowest BCUT2D eigenvalue weighted by atomic mass is 10.2. The summed E-state index contributed by atoms with van der Waals surface area (Å²) < 4.78 is 29.3. The number of aromatic nitrogens is 1. The van der Waals surface area contributed by atoms with Gasteiger partial charge < -0.3 is 4.57 Å². The smallest absolute Gasteiger partial charge is 0.273 e. The number of para-hydroxylation sites is 3. The van der Waals surface area contributed by atoms with Crippen molar-refractivity contribution >= 4 is 21.4 Å². The highest BCUT2D eigenvalue weighted by atomic mass is 32.2. The fourth-order valence-electron chi connectivity index (χ4n) is 2.50. The van der Waals surface area contributed by atoms with Gasteiger partial charge in [-0.15, -0.1) is 0 Å². The normalized spacial score (nSPS) is 11.2. The van der Waals surface area contributed by atoms with Crippen LogP contribution in [0.3, 0.4) is 0 Å². The summed E-state index contributed by atoms with van der Waals surface area (Å²) >= 11 is 0. The van der Waals surface area contributed by atoms with E-state index in [1.165, 1.54) is 18.2 Å². The minimum Gasteiger partial charge on any atom is -0.322 e. The van der Waals surface area contributed by atoms with Crippen molar-refractivity contribution in [2.45, 2.75) is 5.75 Å². The molecule has 0 aliphatic rings. The van der Waals surface area contributed by atoms with E-state index in [1.54, 1.807) is 47.3 Å². The number of nitro groups is 1. The first-order valence-electron chi connectivity index (χ1n) is 7.41. The van der Waals surface area contributed by atoms with Crippen molar-refractivity contribution in [3.05, 3.63) is 88.7 Å². The quantitative estimate of drug-likeness (QED) is 0.541. The predicted molar refractivity (Wildman–Crippen MR) is 95.1 cm³/mol. The Labute approximate surface area is 144 Å². The fourth-order valence-corrected chi connectivity index (χ4v) is 3.73. The van der Waals surface area contributed by atoms with Gasteiger partial charge in [0.2, 0.25) is 10.0 Å². The van der Waals surface area contributed by atoms with Crippen molar-refractivity contribution in [1.82, 2.24) is 4.57 Å². The van der Waals surface area contributed by atoms with E-state index >= 15 is 0 Å². The van der Waals surface area contributed by atoms with Gasteiger partial charge in [-0.3, -0.25) is 14.8 Å². The molecule has 0 unspecified atom stereocenters. The predicted octanol–water partition coefficient (Wildman–Crippen LogP) is 3.33. The van der Waals surface area contributed by atoms with Crippen molar-refractivity contribution in [1.29, 1.82) is 0 Å². The topological polar surface area (TPSA) is 94.2 Å². The van der Waals surface area contributed by atoms with Crippen LogP contribution in [0, 0.1) is 10.1 Å². The molecular weight excluding hydrogens is 342 g/mol. The van der Waals surface area contributed by atoms with Gasteiger partial charge in [0.1, 0.15) is 5.75 Å². The molecule has 1 aromatic heterocycles. The van der Waals surface area contributed by atoms with Crippen LogP contribution in [0.25, 0.3) is 5.69 Å². The maximum absolute atomic E-state index is 12.5. The zero-order valence-corrected chi connectivity index (χ0v) is 13.9. The standard InChI is InChI=1S/C17H15N3O4S/c21-20(22)16-9-3-1-7-14(16)13-25(23,24)18-15-8-2-4-10-17(15)19-11-5-6-12-19/h1-12,18H,13H2. The van der Waals surface area contributed by atoms with Gasteiger partial charge in [0.15, 0.2) is 0 Å². The Morgan fingerprint density at radius 1 is 0.960 bits per heavy atom. The molecule has 3 rings (SSSR count). The van der Waals surface area contributed by atoms with Gasteiger partial charge in [0.05, 0.1) is 16.3 Å². The summed E-state index contributed by atoms with van der Waals surface area (Å²) in [6, 6.07) is 16.4. The summed E-state index contributed by atoms with van der Waals surface area (Å²) in [6.07, 6.45) is 3.60. The zero-order valence-electron chi connectivity index (χ0n) is 13.1. The Balaban J connectivity index is 1.90. The molecule has 128 valence electrons. The summed E-state index contributed by atoms with van der Waals surface area (Å²) in [6.45, 7) is 0. The zero-order chi connectivity index (χ0) is 17.9. The summed E-state index contributed by atoms with van der Waals surface area (Å²) in [5.41, 5.74) is 0.987. The van der Waals surface area contributed by atoms with Crippen molar-refractivity contribution in [3.8, 4) is 5.69 Å². The average molecular weight is 357 g/mol. The number of anilines is 1. The molecule has 7 nitrogen and oxygen atoms in total. The molecule has 0 spiro atoms. The third-order valence-electron chi connectivity index (χ3n) is 3.59. The number of nitrogens with zero attached hydrogens (tertiary/aromatic N) is 2. The lowest BCUT2D eigenvalue weighted by molar-refractivity contribution is -0.385. The van der Waals surface area contributed by atoms with Crippen molar-refractivity contribution in [2.75, 3.05) is 4.72 Å². The molecule has 25 heavy (non-hydrogen) atoms. The second kappa shape index (κ2) is 6.78. The second-order valence-corrected chi connectivity index (χ2v) is 7.08. The maximum Gasteiger partial charge on any atom is 0.273 e. The Bertz CT molecular complexity index is 998. The van der Waals surface area contributed by atoms with E-state index in [4.69, 9.17) is 0 Å². The molecule has 2 aromatic carbocycles. The molecule has 1 heterocycles. The van der Waals surface area contributed by atoms with E-state index in [0.717, 1.165) is 0 Å². The monoisotopic (exact) mass is 357 g/mol. The number of nitro benzene ring substituents is 1. The average Bonchev–Trinajstić information content (AvgIpc) is 3.09. The Hall–Kier alpha value is -3.13. The molecule has 0 fully saturated rings. The van der Waals surface area contributed by atoms with Gasteiger partial charge in [-0.2, -0.15) is 0 Å². The van der Waals surface area contributed by atoms with Gasteiger partial charge in [0.25, 0.3) is 5.69 Å². The SMILES string of the molecule is O=[N+]([O-])c1ccccc1CS(=O)(=O)Nc1ccccc1-n1cccc1. The Kier molecular flexibility index (Phi) is 4.53. The number of hydrogen-bond donors (Lipinski definition) is 1. The number of rotatable bonds is 6. The lowest BCUT2D eigenvalue weighted by Crippen LogP contribution is -2.17. The molecule has 0 atom stereocenters. The largest absolute Gasteiger partial charge is 0.322 e. The Morgan fingerprint density at radius 2 is 1.60 bits per heavy atom. The van der Waals surface area contributed by atoms with Gasteiger partial charge in [-0.1, -0.05) is 30.3 Å². The summed E-state index contributed by atoms with van der Waals surface area (Å²) in [5, 5.41) is 11.1. The summed E-state index contributed by atoms with van der Waals surface area (Å²) in [4.78, 5) is 10.5. The maximum atomic E-state index is 12.5. The van der Waals surface area contributed by atoms with Crippen molar-refractivity contribution in [2.24, 2.45) is 0 Å². The lowest BCUT2D eigenvalue weighted by Gasteiger charge is -2.13. The summed E-state index contributed by atoms with van der Waals surface area (Å²) in [5.74, 6) is -0.482. The van der Waals surface area contributed by atoms with Crippen molar-refractivity contribution in [3.63, 3.8) is 0 Å². The van der Waals surface area contributed by atoms with E-state index in [1.807, 2.05) is 12.1 Å². The van der Waals surface area contributed by atoms with Crippen LogP contribution in [0.5, 0.6) is 0 Å². The molecule has 0 saturated heterocycles. The first kappa shape index (κ1) is 16.7. The first-order valence-corrected chi connectivity index (χ1v) is 9.07. The molecule has 0 radical (unpaired) electrons. The molecule has 0 saturated carbocycles. The Morgan fingerprint density at radius 3 is 2.32 bits per heavy atom. The fraction of sp³-hybridized carbons (Fsp3) is 0.0588. The van der Waals surface area contributed by atoms with Crippen LogP contribution in [-0.2, 0) is 15.8 Å². The van der Waals surface area contributed by atoms with Crippen LogP contribution in [0.15, 0.2) is 73.1 Å². The van der Waals surface area contributed by atoms with Crippen LogP contribution in [0.4, 0.5) is 11.4 Å². The highest BCUT2D eigenvalue weighted by molar-refractivity contribution is 7.91. The third-order valence-corrected chi connectivity index (χ3v) is 4.81. The van der Waals surface area contributed by atoms with Crippen LogP contribution in [0.2, 0.25) is 0 Å². The second-order valence-electron chi connectivity index (χ2n) is 5.35. The minimum atomic E-state index is -3.83. The van der Waals surface area contributed by atoms with Crippen molar-refractivity contribution < 1.29 is 13.3 Å². The molecule has 1 N–H and O–H groups in total. The van der Waals surface area contributed by atoms with Gasteiger partial charge >= 0.3 is 0 Å². The van der Waals surface area contributed by atoms with E-state index in [-0.39, 0.29) is 11.3 Å². The first-order chi connectivity index (χ1) is 12.0.